The number of aliphatic hydroxyl groups excluding tert-OH is 2. The molecule has 7 heteroatoms. The van der Waals surface area contributed by atoms with Crippen LogP contribution >= 0.6 is 0 Å². The van der Waals surface area contributed by atoms with Crippen molar-refractivity contribution < 1.29 is 24.5 Å². The van der Waals surface area contributed by atoms with Crippen LogP contribution in [0.4, 0.5) is 0 Å². The Hall–Kier alpha value is -2.09. The third-order valence-electron chi connectivity index (χ3n) is 4.28. The molecule has 0 saturated carbocycles. The average molecular weight is 364 g/mol. The van der Waals surface area contributed by atoms with Crippen LogP contribution < -0.4 is 10.1 Å². The summed E-state index contributed by atoms with van der Waals surface area (Å²) < 4.78 is 12.8. The van der Waals surface area contributed by atoms with Gasteiger partial charge in [-0.15, -0.1) is 0 Å². The number of carbonyl (C=O) groups excluding carboxylic acids is 1. The van der Waals surface area contributed by atoms with E-state index < -0.39 is 6.10 Å². The van der Waals surface area contributed by atoms with Gasteiger partial charge in [-0.25, -0.2) is 4.79 Å². The highest BCUT2D eigenvalue weighted by atomic mass is 16.5. The summed E-state index contributed by atoms with van der Waals surface area (Å²) in [5.41, 5.74) is 2.30. The van der Waals surface area contributed by atoms with E-state index in [1.807, 2.05) is 30.7 Å². The third-order valence-corrected chi connectivity index (χ3v) is 4.28. The second-order valence-electron chi connectivity index (χ2n) is 6.16. The summed E-state index contributed by atoms with van der Waals surface area (Å²) in [7, 11) is 1.91. The number of hydrogen-bond acceptors (Lipinski definition) is 6. The molecule has 0 bridgehead atoms. The van der Waals surface area contributed by atoms with Crippen molar-refractivity contribution in [2.45, 2.75) is 26.4 Å². The van der Waals surface area contributed by atoms with Gasteiger partial charge in [-0.1, -0.05) is 0 Å². The standard InChI is InChI=1S/C19H28N2O5/c1-4-25-19(24)18-13(2)21(3)17-7-6-15(10-16(17)18)26-12-14(23)11-20-8-5-9-22/h6-7,10,14,20,22-23H,4-5,8-9,11-12H2,1-3H3. The van der Waals surface area contributed by atoms with Gasteiger partial charge >= 0.3 is 5.97 Å². The molecule has 2 rings (SSSR count). The second kappa shape index (κ2) is 9.56. The van der Waals surface area contributed by atoms with Crippen LogP contribution in [0.5, 0.6) is 5.75 Å². The van der Waals surface area contributed by atoms with Gasteiger partial charge in [-0.2, -0.15) is 0 Å². The monoisotopic (exact) mass is 364 g/mol. The van der Waals surface area contributed by atoms with E-state index in [-0.39, 0.29) is 19.2 Å². The van der Waals surface area contributed by atoms with Crippen molar-refractivity contribution in [2.24, 2.45) is 7.05 Å². The van der Waals surface area contributed by atoms with Gasteiger partial charge < -0.3 is 29.6 Å². The van der Waals surface area contributed by atoms with E-state index in [1.165, 1.54) is 0 Å². The molecule has 7 nitrogen and oxygen atoms in total. The van der Waals surface area contributed by atoms with Gasteiger partial charge in [0.25, 0.3) is 0 Å². The highest BCUT2D eigenvalue weighted by Crippen LogP contribution is 2.29. The van der Waals surface area contributed by atoms with Gasteiger partial charge in [0.2, 0.25) is 0 Å². The number of aliphatic hydroxyl groups is 2. The summed E-state index contributed by atoms with van der Waals surface area (Å²) in [6.45, 7) is 5.28. The lowest BCUT2D eigenvalue weighted by atomic mass is 10.1. The number of aryl methyl sites for hydroxylation is 1. The number of nitrogens with one attached hydrogen (secondary N) is 1. The number of benzene rings is 1. The van der Waals surface area contributed by atoms with Gasteiger partial charge in [0.05, 0.1) is 12.2 Å². The van der Waals surface area contributed by atoms with Crippen LogP contribution in [0.2, 0.25) is 0 Å². The Morgan fingerprint density at radius 2 is 2.15 bits per heavy atom. The Bertz CT molecular complexity index is 741. The summed E-state index contributed by atoms with van der Waals surface area (Å²) in [5.74, 6) is 0.240. The minimum atomic E-state index is -0.661. The Morgan fingerprint density at radius 1 is 1.38 bits per heavy atom. The summed E-state index contributed by atoms with van der Waals surface area (Å²) in [6, 6.07) is 5.52. The van der Waals surface area contributed by atoms with Crippen LogP contribution in [0.15, 0.2) is 18.2 Å². The molecule has 0 radical (unpaired) electrons. The summed E-state index contributed by atoms with van der Waals surface area (Å²) in [5, 5.41) is 22.5. The predicted molar refractivity (Wildman–Crippen MR) is 99.7 cm³/mol. The van der Waals surface area contributed by atoms with Gasteiger partial charge in [-0.3, -0.25) is 0 Å². The maximum Gasteiger partial charge on any atom is 0.340 e. The second-order valence-corrected chi connectivity index (χ2v) is 6.16. The topological polar surface area (TPSA) is 93.0 Å². The van der Waals surface area contributed by atoms with E-state index in [4.69, 9.17) is 14.6 Å². The molecule has 0 fully saturated rings. The number of nitrogens with zero attached hydrogens (tertiary/aromatic N) is 1. The van der Waals surface area contributed by atoms with Crippen molar-refractivity contribution in [3.8, 4) is 5.75 Å². The molecule has 0 saturated heterocycles. The van der Waals surface area contributed by atoms with E-state index in [2.05, 4.69) is 5.32 Å². The van der Waals surface area contributed by atoms with Gasteiger partial charge in [-0.05, 0) is 45.0 Å². The minimum absolute atomic E-state index is 0.124. The van der Waals surface area contributed by atoms with Crippen LogP contribution in [-0.2, 0) is 11.8 Å². The molecule has 26 heavy (non-hydrogen) atoms. The fourth-order valence-electron chi connectivity index (χ4n) is 2.83. The molecule has 2 aromatic rings. The first-order chi connectivity index (χ1) is 12.5. The average Bonchev–Trinajstić information content (AvgIpc) is 2.87. The van der Waals surface area contributed by atoms with E-state index in [0.717, 1.165) is 16.6 Å². The van der Waals surface area contributed by atoms with Crippen LogP contribution in [0.3, 0.4) is 0 Å². The molecule has 0 aliphatic heterocycles. The molecule has 1 atom stereocenters. The molecule has 0 spiro atoms. The van der Waals surface area contributed by atoms with Crippen molar-refractivity contribution in [2.75, 3.05) is 32.9 Å². The zero-order valence-corrected chi connectivity index (χ0v) is 15.6. The molecule has 144 valence electrons. The summed E-state index contributed by atoms with van der Waals surface area (Å²) in [6.07, 6.45) is -0.0137. The lowest BCUT2D eigenvalue weighted by molar-refractivity contribution is 0.0527. The highest BCUT2D eigenvalue weighted by Gasteiger charge is 2.20. The fraction of sp³-hybridized carbons (Fsp3) is 0.526. The van der Waals surface area contributed by atoms with E-state index >= 15 is 0 Å². The lowest BCUT2D eigenvalue weighted by Crippen LogP contribution is -2.32. The SMILES string of the molecule is CCOC(=O)c1c(C)n(C)c2ccc(OCC(O)CNCCCO)cc12. The minimum Gasteiger partial charge on any atom is -0.491 e. The van der Waals surface area contributed by atoms with Crippen LogP contribution in [0, 0.1) is 6.92 Å². The van der Waals surface area contributed by atoms with Gasteiger partial charge in [0, 0.05) is 36.8 Å². The highest BCUT2D eigenvalue weighted by molar-refractivity contribution is 6.06. The first kappa shape index (κ1) is 20.2. The number of carbonyl (C=O) groups is 1. The number of aromatic nitrogens is 1. The molecule has 1 aromatic carbocycles. The Balaban J connectivity index is 2.10. The van der Waals surface area contributed by atoms with Crippen molar-refractivity contribution in [1.82, 2.24) is 9.88 Å². The van der Waals surface area contributed by atoms with Crippen LogP contribution in [0.1, 0.15) is 29.4 Å². The van der Waals surface area contributed by atoms with Gasteiger partial charge in [0.1, 0.15) is 18.5 Å². The molecular formula is C19H28N2O5. The number of rotatable bonds is 10. The van der Waals surface area contributed by atoms with E-state index in [9.17, 15) is 9.90 Å². The lowest BCUT2D eigenvalue weighted by Gasteiger charge is -2.13. The maximum atomic E-state index is 12.3. The molecule has 3 N–H and O–H groups in total. The molecule has 0 aliphatic rings. The number of hydrogen-bond donors (Lipinski definition) is 3. The number of fused-ring (bicyclic) bond motifs is 1. The molecule has 1 heterocycles. The maximum absolute atomic E-state index is 12.3. The molecule has 1 aromatic heterocycles. The Morgan fingerprint density at radius 3 is 2.85 bits per heavy atom. The zero-order valence-electron chi connectivity index (χ0n) is 15.6. The smallest absolute Gasteiger partial charge is 0.340 e. The molecule has 1 unspecified atom stereocenters. The van der Waals surface area contributed by atoms with Crippen LogP contribution in [-0.4, -0.2) is 59.8 Å². The Labute approximate surface area is 153 Å². The Kier molecular flexibility index (Phi) is 7.44. The first-order valence-electron chi connectivity index (χ1n) is 8.88. The fourth-order valence-corrected chi connectivity index (χ4v) is 2.83. The largest absolute Gasteiger partial charge is 0.491 e. The normalized spacial score (nSPS) is 12.3. The van der Waals surface area contributed by atoms with E-state index in [0.29, 0.717) is 37.4 Å². The summed E-state index contributed by atoms with van der Waals surface area (Å²) in [4.78, 5) is 12.3. The van der Waals surface area contributed by atoms with Gasteiger partial charge in [0.15, 0.2) is 0 Å². The van der Waals surface area contributed by atoms with Crippen molar-refractivity contribution in [3.05, 3.63) is 29.5 Å². The molecule has 0 aliphatic carbocycles. The third kappa shape index (κ3) is 4.75. The van der Waals surface area contributed by atoms with Crippen molar-refractivity contribution in [1.29, 1.82) is 0 Å². The van der Waals surface area contributed by atoms with Crippen molar-refractivity contribution in [3.63, 3.8) is 0 Å². The van der Waals surface area contributed by atoms with Crippen molar-refractivity contribution >= 4 is 16.9 Å². The zero-order chi connectivity index (χ0) is 19.1. The predicted octanol–water partition coefficient (Wildman–Crippen LogP) is 1.38. The molecule has 0 amide bonds. The van der Waals surface area contributed by atoms with Crippen LogP contribution in [0.25, 0.3) is 10.9 Å². The molecular weight excluding hydrogens is 336 g/mol. The number of ether oxygens (including phenoxy) is 2. The quantitative estimate of drug-likeness (QED) is 0.436. The number of esters is 1. The van der Waals surface area contributed by atoms with E-state index in [1.54, 1.807) is 13.0 Å². The first-order valence-corrected chi connectivity index (χ1v) is 8.88. The summed E-state index contributed by atoms with van der Waals surface area (Å²) >= 11 is 0.